The lowest BCUT2D eigenvalue weighted by Crippen LogP contribution is -2.31. The largest absolute Gasteiger partial charge is 0.462 e. The highest BCUT2D eigenvalue weighted by atomic mass is 32.2. The summed E-state index contributed by atoms with van der Waals surface area (Å²) in [4.78, 5) is 17.4. The van der Waals surface area contributed by atoms with E-state index in [-0.39, 0.29) is 18.1 Å². The first-order chi connectivity index (χ1) is 14.2. The van der Waals surface area contributed by atoms with Gasteiger partial charge >= 0.3 is 5.97 Å². The van der Waals surface area contributed by atoms with E-state index in [9.17, 15) is 10.1 Å². The van der Waals surface area contributed by atoms with Gasteiger partial charge in [-0.3, -0.25) is 0 Å². The Morgan fingerprint density at radius 3 is 2.55 bits per heavy atom. The minimum atomic E-state index is -0.623. The highest BCUT2D eigenvalue weighted by Gasteiger charge is 2.36. The second kappa shape index (κ2) is 8.38. The molecule has 0 aliphatic carbocycles. The van der Waals surface area contributed by atoms with Crippen LogP contribution in [0.1, 0.15) is 24.0 Å². The molecule has 2 heterocycles. The maximum atomic E-state index is 12.5. The van der Waals surface area contributed by atoms with Crippen LogP contribution in [0.25, 0.3) is 0 Å². The summed E-state index contributed by atoms with van der Waals surface area (Å²) >= 11 is 1.64. The first kappa shape index (κ1) is 19.0. The highest BCUT2D eigenvalue weighted by Crippen LogP contribution is 2.47. The number of nitrogens with one attached hydrogen (secondary N) is 1. The Balaban J connectivity index is 1.88. The zero-order valence-corrected chi connectivity index (χ0v) is 16.7. The smallest absolute Gasteiger partial charge is 0.351 e. The summed E-state index contributed by atoms with van der Waals surface area (Å²) in [7, 11) is 0. The number of nitrogens with zero attached hydrogens (tertiary/aromatic N) is 2. The number of esters is 1. The molecule has 2 aliphatic rings. The van der Waals surface area contributed by atoms with Crippen LogP contribution in [0.2, 0.25) is 0 Å². The number of ether oxygens (including phenoxy) is 1. The number of benzene rings is 2. The zero-order valence-electron chi connectivity index (χ0n) is 15.9. The van der Waals surface area contributed by atoms with Crippen molar-refractivity contribution in [1.82, 2.24) is 5.32 Å². The topological polar surface area (TPSA) is 74.5 Å². The molecule has 0 spiro atoms. The van der Waals surface area contributed by atoms with E-state index < -0.39 is 5.97 Å². The van der Waals surface area contributed by atoms with E-state index in [0.717, 1.165) is 27.5 Å². The zero-order chi connectivity index (χ0) is 20.2. The molecule has 5 nitrogen and oxygen atoms in total. The van der Waals surface area contributed by atoms with Crippen molar-refractivity contribution in [1.29, 1.82) is 5.26 Å². The van der Waals surface area contributed by atoms with Crippen LogP contribution in [0, 0.1) is 11.3 Å². The van der Waals surface area contributed by atoms with E-state index in [4.69, 9.17) is 9.73 Å². The lowest BCUT2D eigenvalue weighted by molar-refractivity contribution is -0.138. The monoisotopic (exact) mass is 401 g/mol. The first-order valence-electron chi connectivity index (χ1n) is 9.37. The van der Waals surface area contributed by atoms with Crippen LogP contribution in [-0.4, -0.2) is 24.2 Å². The number of hydrogen-bond acceptors (Lipinski definition) is 6. The van der Waals surface area contributed by atoms with E-state index >= 15 is 0 Å². The van der Waals surface area contributed by atoms with Crippen LogP contribution >= 0.6 is 11.8 Å². The minimum Gasteiger partial charge on any atom is -0.462 e. The van der Waals surface area contributed by atoms with Crippen LogP contribution in [-0.2, 0) is 9.53 Å². The molecule has 0 saturated carbocycles. The lowest BCUT2D eigenvalue weighted by atomic mass is 9.89. The number of thioether (sulfide) groups is 1. The Morgan fingerprint density at radius 1 is 1.21 bits per heavy atom. The van der Waals surface area contributed by atoms with Crippen LogP contribution in [0.15, 0.2) is 87.5 Å². The number of aliphatic imine (C=N–C) groups is 1. The van der Waals surface area contributed by atoms with Gasteiger partial charge < -0.3 is 10.1 Å². The van der Waals surface area contributed by atoms with Gasteiger partial charge in [0.05, 0.1) is 12.3 Å². The molecule has 1 unspecified atom stereocenters. The van der Waals surface area contributed by atoms with Crippen molar-refractivity contribution in [2.75, 3.05) is 12.4 Å². The predicted molar refractivity (Wildman–Crippen MR) is 114 cm³/mol. The number of rotatable bonds is 4. The number of allylic oxidation sites excluding steroid dienone is 1. The third kappa shape index (κ3) is 3.69. The summed E-state index contributed by atoms with van der Waals surface area (Å²) in [6.07, 6.45) is 0. The normalized spacial score (nSPS) is 19.6. The van der Waals surface area contributed by atoms with Crippen molar-refractivity contribution >= 4 is 23.6 Å². The molecule has 6 heteroatoms. The average molecular weight is 401 g/mol. The molecule has 4 rings (SSSR count). The first-order valence-corrected chi connectivity index (χ1v) is 10.4. The molecular weight excluding hydrogens is 382 g/mol. The van der Waals surface area contributed by atoms with Crippen molar-refractivity contribution in [2.24, 2.45) is 4.99 Å². The summed E-state index contributed by atoms with van der Waals surface area (Å²) in [6.45, 7) is 1.94. The molecule has 29 heavy (non-hydrogen) atoms. The van der Waals surface area contributed by atoms with Crippen molar-refractivity contribution in [3.8, 4) is 6.07 Å². The van der Waals surface area contributed by atoms with Crippen molar-refractivity contribution in [3.63, 3.8) is 0 Å². The molecular formula is C23H19N3O2S. The van der Waals surface area contributed by atoms with E-state index in [1.165, 1.54) is 0 Å². The van der Waals surface area contributed by atoms with Crippen molar-refractivity contribution in [3.05, 3.63) is 93.7 Å². The molecule has 0 aromatic heterocycles. The molecule has 1 atom stereocenters. The minimum absolute atomic E-state index is 0.0221. The van der Waals surface area contributed by atoms with E-state index in [1.807, 2.05) is 48.5 Å². The Kier molecular flexibility index (Phi) is 5.50. The Morgan fingerprint density at radius 2 is 1.90 bits per heavy atom. The van der Waals surface area contributed by atoms with Gasteiger partial charge in [-0.15, -0.1) is 11.8 Å². The molecule has 0 saturated heterocycles. The summed E-state index contributed by atoms with van der Waals surface area (Å²) < 4.78 is 5.15. The van der Waals surface area contributed by atoms with Crippen molar-refractivity contribution < 1.29 is 9.53 Å². The summed E-state index contributed by atoms with van der Waals surface area (Å²) in [5, 5.41) is 13.9. The standard InChI is InChI=1S/C23H19N3O2S/c1-2-28-23(27)17(13-24)20-19-18(15-9-5-3-6-10-15)14-29-22(19)26-21(25-20)16-11-7-4-8-12-16/h3-12,18H,2,14H2,1H3,(H,25,26)/b20-17-. The van der Waals surface area contributed by atoms with E-state index in [1.54, 1.807) is 18.7 Å². The maximum absolute atomic E-state index is 12.5. The van der Waals surface area contributed by atoms with Crippen molar-refractivity contribution in [2.45, 2.75) is 12.8 Å². The van der Waals surface area contributed by atoms with Gasteiger partial charge in [0.15, 0.2) is 5.57 Å². The predicted octanol–water partition coefficient (Wildman–Crippen LogP) is 4.12. The van der Waals surface area contributed by atoms with Gasteiger partial charge in [0.1, 0.15) is 16.9 Å². The molecule has 1 N–H and O–H groups in total. The maximum Gasteiger partial charge on any atom is 0.351 e. The third-order valence-electron chi connectivity index (χ3n) is 4.78. The lowest BCUT2D eigenvalue weighted by Gasteiger charge is -2.24. The Bertz CT molecular complexity index is 1070. The van der Waals surface area contributed by atoms with Gasteiger partial charge in [-0.2, -0.15) is 5.26 Å². The molecule has 0 fully saturated rings. The van der Waals surface area contributed by atoms with Gasteiger partial charge in [0.25, 0.3) is 0 Å². The highest BCUT2D eigenvalue weighted by molar-refractivity contribution is 8.03. The summed E-state index contributed by atoms with van der Waals surface area (Å²) in [5.74, 6) is 0.838. The fourth-order valence-electron chi connectivity index (χ4n) is 3.45. The number of nitriles is 1. The Hall–Kier alpha value is -3.30. The summed E-state index contributed by atoms with van der Waals surface area (Å²) in [5.41, 5.74) is 3.37. The third-order valence-corrected chi connectivity index (χ3v) is 5.87. The van der Waals surface area contributed by atoms with E-state index in [2.05, 4.69) is 23.5 Å². The van der Waals surface area contributed by atoms with Crippen LogP contribution in [0.5, 0.6) is 0 Å². The van der Waals surface area contributed by atoms with Crippen LogP contribution in [0.4, 0.5) is 0 Å². The van der Waals surface area contributed by atoms with E-state index in [0.29, 0.717) is 11.5 Å². The second-order valence-electron chi connectivity index (χ2n) is 6.53. The van der Waals surface area contributed by atoms with Gasteiger partial charge in [-0.05, 0) is 12.5 Å². The summed E-state index contributed by atoms with van der Waals surface area (Å²) in [6, 6.07) is 21.8. The van der Waals surface area contributed by atoms with Gasteiger partial charge in [0.2, 0.25) is 0 Å². The molecule has 2 aliphatic heterocycles. The van der Waals surface area contributed by atoms with Gasteiger partial charge in [0, 0.05) is 22.8 Å². The Labute approximate surface area is 173 Å². The molecule has 0 bridgehead atoms. The van der Waals surface area contributed by atoms with Crippen LogP contribution < -0.4 is 5.32 Å². The fraction of sp³-hybridized carbons (Fsp3) is 0.174. The fourth-order valence-corrected chi connectivity index (χ4v) is 4.69. The van der Waals surface area contributed by atoms with Gasteiger partial charge in [-0.1, -0.05) is 60.7 Å². The number of carbonyl (C=O) groups excluding carboxylic acids is 1. The number of carbonyl (C=O) groups is 1. The number of hydrogen-bond donors (Lipinski definition) is 1. The SMILES string of the molecule is CCOC(=O)/C(C#N)=C1\NC(c2ccccc2)=NC2=C1C(c1ccccc1)CS2. The average Bonchev–Trinajstić information content (AvgIpc) is 3.20. The molecule has 0 radical (unpaired) electrons. The molecule has 0 amide bonds. The second-order valence-corrected chi connectivity index (χ2v) is 7.54. The molecule has 144 valence electrons. The van der Waals surface area contributed by atoms with Gasteiger partial charge in [-0.25, -0.2) is 9.79 Å². The molecule has 2 aromatic carbocycles. The number of amidine groups is 1. The quantitative estimate of drug-likeness (QED) is 0.474. The molecule has 2 aromatic rings. The van der Waals surface area contributed by atoms with Crippen LogP contribution in [0.3, 0.4) is 0 Å².